The lowest BCUT2D eigenvalue weighted by atomic mass is 10.2. The Morgan fingerprint density at radius 2 is 2.15 bits per heavy atom. The van der Waals surface area contributed by atoms with Crippen molar-refractivity contribution in [1.82, 2.24) is 25.1 Å². The number of H-pyrrole nitrogens is 1. The molecule has 0 spiro atoms. The molecule has 0 aliphatic carbocycles. The van der Waals surface area contributed by atoms with Crippen LogP contribution in [-0.4, -0.2) is 32.1 Å². The highest BCUT2D eigenvalue weighted by Gasteiger charge is 2.12. The quantitative estimate of drug-likeness (QED) is 0.663. The second-order valence-electron chi connectivity index (χ2n) is 4.40. The Morgan fingerprint density at radius 3 is 2.85 bits per heavy atom. The number of hydrogen-bond acceptors (Lipinski definition) is 7. The predicted octanol–water partition coefficient (Wildman–Crippen LogP) is 1.61. The molecule has 3 rings (SSSR count). The number of aromatic nitrogens is 5. The van der Waals surface area contributed by atoms with Crippen LogP contribution in [0.25, 0.3) is 11.2 Å². The van der Waals surface area contributed by atoms with E-state index in [9.17, 15) is 0 Å². The van der Waals surface area contributed by atoms with Crippen LogP contribution in [0.1, 0.15) is 17.0 Å². The molecule has 0 aromatic carbocycles. The molecule has 3 aromatic rings. The first-order valence-electron chi connectivity index (χ1n) is 6.23. The van der Waals surface area contributed by atoms with Crippen molar-refractivity contribution in [3.05, 3.63) is 23.3 Å². The summed E-state index contributed by atoms with van der Waals surface area (Å²) in [6.45, 7) is 4.38. The van der Waals surface area contributed by atoms with Gasteiger partial charge in [-0.05, 0) is 13.8 Å². The Balaban J connectivity index is 1.92. The normalized spacial score (nSPS) is 10.9. The molecule has 0 unspecified atom stereocenters. The fourth-order valence-electron chi connectivity index (χ4n) is 2.00. The van der Waals surface area contributed by atoms with E-state index < -0.39 is 0 Å². The van der Waals surface area contributed by atoms with Crippen molar-refractivity contribution < 1.29 is 4.52 Å². The smallest absolute Gasteiger partial charge is 0.226 e. The number of fused-ring (bicyclic) bond motifs is 1. The minimum atomic E-state index is 0.519. The van der Waals surface area contributed by atoms with Gasteiger partial charge in [-0.15, -0.1) is 0 Å². The molecule has 0 atom stereocenters. The number of rotatable bonds is 4. The molecule has 8 heteroatoms. The Morgan fingerprint density at radius 1 is 1.30 bits per heavy atom. The van der Waals surface area contributed by atoms with Gasteiger partial charge >= 0.3 is 0 Å². The van der Waals surface area contributed by atoms with Crippen LogP contribution in [0.3, 0.4) is 0 Å². The third kappa shape index (κ3) is 2.04. The molecule has 104 valence electrons. The van der Waals surface area contributed by atoms with Crippen LogP contribution in [0.2, 0.25) is 0 Å². The van der Waals surface area contributed by atoms with E-state index in [-0.39, 0.29) is 0 Å². The number of nitrogens with zero attached hydrogens (tertiary/aromatic N) is 4. The minimum Gasteiger partial charge on any atom is -0.364 e. The Bertz CT molecular complexity index is 726. The molecule has 3 aromatic heterocycles. The van der Waals surface area contributed by atoms with Gasteiger partial charge in [-0.1, -0.05) is 5.16 Å². The SMILES string of the molecule is CNc1nc(NCc2c(C)noc2C)c2[nH]cnc2n1. The zero-order chi connectivity index (χ0) is 14.1. The van der Waals surface area contributed by atoms with Crippen LogP contribution in [0.4, 0.5) is 11.8 Å². The van der Waals surface area contributed by atoms with E-state index in [0.717, 1.165) is 22.5 Å². The van der Waals surface area contributed by atoms with Crippen LogP contribution in [0, 0.1) is 13.8 Å². The maximum atomic E-state index is 5.15. The lowest BCUT2D eigenvalue weighted by molar-refractivity contribution is 0.392. The maximum Gasteiger partial charge on any atom is 0.226 e. The van der Waals surface area contributed by atoms with Crippen molar-refractivity contribution in [1.29, 1.82) is 0 Å². The molecule has 0 saturated heterocycles. The molecular weight excluding hydrogens is 258 g/mol. The van der Waals surface area contributed by atoms with Crippen LogP contribution < -0.4 is 10.6 Å². The first-order chi connectivity index (χ1) is 9.69. The molecule has 0 amide bonds. The molecule has 8 nitrogen and oxygen atoms in total. The second-order valence-corrected chi connectivity index (χ2v) is 4.40. The highest BCUT2D eigenvalue weighted by molar-refractivity contribution is 5.83. The lowest BCUT2D eigenvalue weighted by Crippen LogP contribution is -2.06. The standard InChI is InChI=1S/C12H15N7O/c1-6-8(7(2)20-19-6)4-14-10-9-11(16-5-15-9)18-12(13-3)17-10/h5H,4H2,1-3H3,(H3,13,14,15,16,17,18). The highest BCUT2D eigenvalue weighted by atomic mass is 16.5. The fourth-order valence-corrected chi connectivity index (χ4v) is 2.00. The number of nitrogens with one attached hydrogen (secondary N) is 3. The highest BCUT2D eigenvalue weighted by Crippen LogP contribution is 2.20. The Kier molecular flexibility index (Phi) is 2.97. The summed E-state index contributed by atoms with van der Waals surface area (Å²) in [5.41, 5.74) is 3.29. The molecule has 0 aliphatic heterocycles. The van der Waals surface area contributed by atoms with E-state index in [4.69, 9.17) is 4.52 Å². The summed E-state index contributed by atoms with van der Waals surface area (Å²) in [6.07, 6.45) is 1.60. The van der Waals surface area contributed by atoms with Crippen LogP contribution in [0.5, 0.6) is 0 Å². The third-order valence-electron chi connectivity index (χ3n) is 3.12. The second kappa shape index (κ2) is 4.80. The van der Waals surface area contributed by atoms with Gasteiger partial charge in [0.15, 0.2) is 11.5 Å². The van der Waals surface area contributed by atoms with Crippen molar-refractivity contribution in [2.45, 2.75) is 20.4 Å². The van der Waals surface area contributed by atoms with Gasteiger partial charge in [-0.2, -0.15) is 9.97 Å². The van der Waals surface area contributed by atoms with E-state index in [2.05, 4.69) is 35.7 Å². The summed E-state index contributed by atoms with van der Waals surface area (Å²) in [7, 11) is 1.77. The summed E-state index contributed by atoms with van der Waals surface area (Å²) in [6, 6.07) is 0. The number of aryl methyl sites for hydroxylation is 2. The maximum absolute atomic E-state index is 5.15. The van der Waals surface area contributed by atoms with E-state index in [1.54, 1.807) is 13.4 Å². The molecule has 0 saturated carbocycles. The largest absolute Gasteiger partial charge is 0.364 e. The van der Waals surface area contributed by atoms with Crippen molar-refractivity contribution in [3.63, 3.8) is 0 Å². The monoisotopic (exact) mass is 273 g/mol. The van der Waals surface area contributed by atoms with Crippen molar-refractivity contribution >= 4 is 22.9 Å². The number of aromatic amines is 1. The summed E-state index contributed by atoms with van der Waals surface area (Å²) >= 11 is 0. The topological polar surface area (TPSA) is 105 Å². The average molecular weight is 273 g/mol. The van der Waals surface area contributed by atoms with Crippen LogP contribution >= 0.6 is 0 Å². The Hall–Kier alpha value is -2.64. The molecule has 0 bridgehead atoms. The van der Waals surface area contributed by atoms with Crippen molar-refractivity contribution in [2.75, 3.05) is 17.7 Å². The van der Waals surface area contributed by atoms with Gasteiger partial charge in [0, 0.05) is 19.2 Å². The van der Waals surface area contributed by atoms with Gasteiger partial charge in [-0.25, -0.2) is 4.98 Å². The van der Waals surface area contributed by atoms with E-state index in [1.807, 2.05) is 13.8 Å². The van der Waals surface area contributed by atoms with Gasteiger partial charge < -0.3 is 20.1 Å². The van der Waals surface area contributed by atoms with Gasteiger partial charge in [0.05, 0.1) is 12.0 Å². The van der Waals surface area contributed by atoms with E-state index in [1.165, 1.54) is 0 Å². The van der Waals surface area contributed by atoms with Gasteiger partial charge in [0.2, 0.25) is 5.95 Å². The fraction of sp³-hybridized carbons (Fsp3) is 0.333. The number of hydrogen-bond donors (Lipinski definition) is 3. The lowest BCUT2D eigenvalue weighted by Gasteiger charge is -2.07. The van der Waals surface area contributed by atoms with Gasteiger partial charge in [-0.3, -0.25) is 0 Å². The average Bonchev–Trinajstić information content (AvgIpc) is 3.04. The minimum absolute atomic E-state index is 0.519. The number of anilines is 2. The summed E-state index contributed by atoms with van der Waals surface area (Å²) < 4.78 is 5.15. The zero-order valence-electron chi connectivity index (χ0n) is 11.5. The first kappa shape index (κ1) is 12.4. The van der Waals surface area contributed by atoms with Gasteiger partial charge in [0.1, 0.15) is 11.3 Å². The molecule has 0 fully saturated rings. The van der Waals surface area contributed by atoms with Crippen molar-refractivity contribution in [2.24, 2.45) is 0 Å². The molecule has 3 N–H and O–H groups in total. The zero-order valence-corrected chi connectivity index (χ0v) is 11.5. The Labute approximate surface area is 115 Å². The van der Waals surface area contributed by atoms with E-state index >= 15 is 0 Å². The first-order valence-corrected chi connectivity index (χ1v) is 6.23. The summed E-state index contributed by atoms with van der Waals surface area (Å²) in [5, 5.41) is 10.1. The number of imidazole rings is 1. The van der Waals surface area contributed by atoms with Crippen LogP contribution in [-0.2, 0) is 6.54 Å². The summed E-state index contributed by atoms with van der Waals surface area (Å²) in [5.74, 6) is 2.02. The predicted molar refractivity (Wildman–Crippen MR) is 74.5 cm³/mol. The molecule has 0 aliphatic rings. The third-order valence-corrected chi connectivity index (χ3v) is 3.12. The molecule has 20 heavy (non-hydrogen) atoms. The van der Waals surface area contributed by atoms with E-state index in [0.29, 0.717) is 24.0 Å². The van der Waals surface area contributed by atoms with Crippen molar-refractivity contribution in [3.8, 4) is 0 Å². The molecule has 3 heterocycles. The summed E-state index contributed by atoms with van der Waals surface area (Å²) in [4.78, 5) is 15.8. The van der Waals surface area contributed by atoms with Crippen LogP contribution in [0.15, 0.2) is 10.9 Å². The molecule has 0 radical (unpaired) electrons. The van der Waals surface area contributed by atoms with Gasteiger partial charge in [0.25, 0.3) is 0 Å². The molecular formula is C12H15N7O.